The van der Waals surface area contributed by atoms with Gasteiger partial charge in [-0.1, -0.05) is 13.8 Å². The number of aromatic nitrogens is 2. The number of H-pyrrole nitrogens is 1. The van der Waals surface area contributed by atoms with Gasteiger partial charge in [-0.3, -0.25) is 0 Å². The fourth-order valence-corrected chi connectivity index (χ4v) is 1.78. The van der Waals surface area contributed by atoms with Crippen LogP contribution in [0.25, 0.3) is 11.4 Å². The molecular formula is C14H19N3O. The predicted molar refractivity (Wildman–Crippen MR) is 73.7 cm³/mol. The van der Waals surface area contributed by atoms with Crippen LogP contribution in [0, 0.1) is 0 Å². The minimum absolute atomic E-state index is 0.429. The third-order valence-electron chi connectivity index (χ3n) is 2.73. The fraction of sp³-hybridized carbons (Fsp3) is 0.357. The number of nitrogens with two attached hydrogens (primary N) is 1. The van der Waals surface area contributed by atoms with Crippen LogP contribution >= 0.6 is 0 Å². The van der Waals surface area contributed by atoms with Crippen molar-refractivity contribution in [2.75, 3.05) is 12.3 Å². The molecule has 0 bridgehead atoms. The van der Waals surface area contributed by atoms with E-state index in [9.17, 15) is 0 Å². The molecule has 18 heavy (non-hydrogen) atoms. The summed E-state index contributed by atoms with van der Waals surface area (Å²) in [7, 11) is 0. The molecule has 0 saturated heterocycles. The second kappa shape index (κ2) is 5.12. The molecule has 0 atom stereocenters. The van der Waals surface area contributed by atoms with Gasteiger partial charge in [-0.2, -0.15) is 0 Å². The minimum atomic E-state index is 0.429. The lowest BCUT2D eigenvalue weighted by Crippen LogP contribution is -1.95. The number of hydrogen-bond donors (Lipinski definition) is 2. The normalized spacial score (nSPS) is 10.9. The Morgan fingerprint density at radius 1 is 1.33 bits per heavy atom. The molecule has 0 saturated carbocycles. The zero-order valence-corrected chi connectivity index (χ0v) is 11.0. The number of anilines is 1. The molecule has 1 heterocycles. The van der Waals surface area contributed by atoms with Gasteiger partial charge in [0, 0.05) is 29.2 Å². The van der Waals surface area contributed by atoms with Gasteiger partial charge >= 0.3 is 0 Å². The van der Waals surface area contributed by atoms with E-state index in [0.29, 0.717) is 18.2 Å². The van der Waals surface area contributed by atoms with Crippen molar-refractivity contribution in [3.05, 3.63) is 30.1 Å². The number of hydrogen-bond acceptors (Lipinski definition) is 3. The van der Waals surface area contributed by atoms with Gasteiger partial charge in [0.15, 0.2) is 0 Å². The number of aromatic amines is 1. The van der Waals surface area contributed by atoms with Gasteiger partial charge in [0.25, 0.3) is 0 Å². The SMILES string of the molecule is CCOc1cc(N)cc(-c2ncc(C(C)C)[nH]2)c1. The van der Waals surface area contributed by atoms with Crippen molar-refractivity contribution < 1.29 is 4.74 Å². The lowest BCUT2D eigenvalue weighted by molar-refractivity contribution is 0.340. The Morgan fingerprint density at radius 2 is 2.11 bits per heavy atom. The quantitative estimate of drug-likeness (QED) is 0.813. The molecule has 1 aromatic carbocycles. The summed E-state index contributed by atoms with van der Waals surface area (Å²) in [4.78, 5) is 7.69. The Morgan fingerprint density at radius 3 is 2.72 bits per heavy atom. The van der Waals surface area contributed by atoms with Crippen molar-refractivity contribution in [1.82, 2.24) is 9.97 Å². The molecule has 1 aromatic heterocycles. The molecule has 2 rings (SSSR count). The first kappa shape index (κ1) is 12.5. The molecule has 0 amide bonds. The largest absolute Gasteiger partial charge is 0.494 e. The topological polar surface area (TPSA) is 63.9 Å². The Hall–Kier alpha value is -1.97. The summed E-state index contributed by atoms with van der Waals surface area (Å²) >= 11 is 0. The molecular weight excluding hydrogens is 226 g/mol. The molecule has 0 fully saturated rings. The van der Waals surface area contributed by atoms with Crippen LogP contribution in [0.15, 0.2) is 24.4 Å². The van der Waals surface area contributed by atoms with E-state index in [4.69, 9.17) is 10.5 Å². The molecule has 96 valence electrons. The van der Waals surface area contributed by atoms with E-state index in [2.05, 4.69) is 23.8 Å². The molecule has 0 aliphatic rings. The summed E-state index contributed by atoms with van der Waals surface area (Å²) in [5, 5.41) is 0. The average molecular weight is 245 g/mol. The van der Waals surface area contributed by atoms with E-state index in [1.165, 1.54) is 0 Å². The Labute approximate surface area is 107 Å². The average Bonchev–Trinajstić information content (AvgIpc) is 2.78. The van der Waals surface area contributed by atoms with E-state index in [0.717, 1.165) is 22.8 Å². The Kier molecular flexibility index (Phi) is 3.55. The lowest BCUT2D eigenvalue weighted by atomic mass is 10.1. The van der Waals surface area contributed by atoms with Crippen LogP contribution in [0.1, 0.15) is 32.4 Å². The van der Waals surface area contributed by atoms with Gasteiger partial charge in [0.1, 0.15) is 11.6 Å². The van der Waals surface area contributed by atoms with Gasteiger partial charge in [0.05, 0.1) is 6.61 Å². The molecule has 0 spiro atoms. The van der Waals surface area contributed by atoms with Crippen molar-refractivity contribution in [2.24, 2.45) is 0 Å². The summed E-state index contributed by atoms with van der Waals surface area (Å²) in [6, 6.07) is 5.66. The Bertz CT molecular complexity index is 532. The molecule has 3 N–H and O–H groups in total. The monoisotopic (exact) mass is 245 g/mol. The van der Waals surface area contributed by atoms with Gasteiger partial charge < -0.3 is 15.5 Å². The first-order chi connectivity index (χ1) is 8.60. The van der Waals surface area contributed by atoms with Crippen LogP contribution in [0.2, 0.25) is 0 Å². The van der Waals surface area contributed by atoms with Gasteiger partial charge in [-0.25, -0.2) is 4.98 Å². The number of nitrogens with zero attached hydrogens (tertiary/aromatic N) is 1. The second-order valence-electron chi connectivity index (χ2n) is 4.57. The number of nitrogen functional groups attached to an aromatic ring is 1. The first-order valence-corrected chi connectivity index (χ1v) is 6.18. The maximum Gasteiger partial charge on any atom is 0.137 e. The molecule has 0 unspecified atom stereocenters. The first-order valence-electron chi connectivity index (χ1n) is 6.18. The van der Waals surface area contributed by atoms with Gasteiger partial charge in [-0.05, 0) is 25.0 Å². The van der Waals surface area contributed by atoms with Crippen molar-refractivity contribution in [2.45, 2.75) is 26.7 Å². The van der Waals surface area contributed by atoms with Crippen LogP contribution in [0.5, 0.6) is 5.75 Å². The molecule has 4 nitrogen and oxygen atoms in total. The van der Waals surface area contributed by atoms with Crippen molar-refractivity contribution in [1.29, 1.82) is 0 Å². The van der Waals surface area contributed by atoms with Crippen molar-refractivity contribution in [3.8, 4) is 17.1 Å². The zero-order valence-electron chi connectivity index (χ0n) is 11.0. The summed E-state index contributed by atoms with van der Waals surface area (Å²) in [6.07, 6.45) is 1.86. The zero-order chi connectivity index (χ0) is 13.1. The third kappa shape index (κ3) is 2.64. The number of benzene rings is 1. The number of ether oxygens (including phenoxy) is 1. The maximum absolute atomic E-state index is 5.87. The summed E-state index contributed by atoms with van der Waals surface area (Å²) < 4.78 is 5.48. The van der Waals surface area contributed by atoms with E-state index < -0.39 is 0 Å². The Balaban J connectivity index is 2.36. The van der Waals surface area contributed by atoms with E-state index in [1.54, 1.807) is 0 Å². The van der Waals surface area contributed by atoms with Gasteiger partial charge in [0.2, 0.25) is 0 Å². The van der Waals surface area contributed by atoms with Crippen LogP contribution in [0.3, 0.4) is 0 Å². The smallest absolute Gasteiger partial charge is 0.137 e. The third-order valence-corrected chi connectivity index (χ3v) is 2.73. The van der Waals surface area contributed by atoms with Crippen molar-refractivity contribution >= 4 is 5.69 Å². The highest BCUT2D eigenvalue weighted by atomic mass is 16.5. The van der Waals surface area contributed by atoms with Crippen LogP contribution < -0.4 is 10.5 Å². The molecule has 2 aromatic rings. The fourth-order valence-electron chi connectivity index (χ4n) is 1.78. The van der Waals surface area contributed by atoms with Crippen LogP contribution in [-0.2, 0) is 0 Å². The highest BCUT2D eigenvalue weighted by Crippen LogP contribution is 2.26. The summed E-state index contributed by atoms with van der Waals surface area (Å²) in [5.41, 5.74) is 8.62. The molecule has 4 heteroatoms. The standard InChI is InChI=1S/C14H19N3O/c1-4-18-12-6-10(5-11(15)7-12)14-16-8-13(17-14)9(2)3/h5-9H,4,15H2,1-3H3,(H,16,17). The predicted octanol–water partition coefficient (Wildman–Crippen LogP) is 3.18. The van der Waals surface area contributed by atoms with E-state index in [-0.39, 0.29) is 0 Å². The summed E-state index contributed by atoms with van der Waals surface area (Å²) in [5.74, 6) is 2.03. The molecule has 0 aliphatic carbocycles. The van der Waals surface area contributed by atoms with Crippen LogP contribution in [0.4, 0.5) is 5.69 Å². The highest BCUT2D eigenvalue weighted by Gasteiger charge is 2.08. The van der Waals surface area contributed by atoms with E-state index >= 15 is 0 Å². The maximum atomic E-state index is 5.87. The molecule has 0 aliphatic heterocycles. The highest BCUT2D eigenvalue weighted by molar-refractivity contribution is 5.64. The lowest BCUT2D eigenvalue weighted by Gasteiger charge is -2.06. The minimum Gasteiger partial charge on any atom is -0.494 e. The number of nitrogens with one attached hydrogen (secondary N) is 1. The number of imidazole rings is 1. The number of rotatable bonds is 4. The van der Waals surface area contributed by atoms with Crippen molar-refractivity contribution in [3.63, 3.8) is 0 Å². The molecule has 0 radical (unpaired) electrons. The second-order valence-corrected chi connectivity index (χ2v) is 4.57. The summed E-state index contributed by atoms with van der Waals surface area (Å²) in [6.45, 7) is 6.83. The van der Waals surface area contributed by atoms with Crippen LogP contribution in [-0.4, -0.2) is 16.6 Å². The van der Waals surface area contributed by atoms with Gasteiger partial charge in [-0.15, -0.1) is 0 Å². The van der Waals surface area contributed by atoms with E-state index in [1.807, 2.05) is 31.3 Å².